The van der Waals surface area contributed by atoms with Crippen LogP contribution in [0.3, 0.4) is 0 Å². The van der Waals surface area contributed by atoms with Crippen LogP contribution in [0.15, 0.2) is 125 Å². The molecule has 0 spiro atoms. The maximum absolute atomic E-state index is 13.0. The summed E-state index contributed by atoms with van der Waals surface area (Å²) in [4.78, 5) is 13.0. The van der Waals surface area contributed by atoms with Gasteiger partial charge in [-0.1, -0.05) is 91.0 Å². The normalized spacial score (nSPS) is 11.4. The summed E-state index contributed by atoms with van der Waals surface area (Å²) in [6.45, 7) is 0. The lowest BCUT2D eigenvalue weighted by atomic mass is 10.4. The Balaban J connectivity index is 1.96. The Hall–Kier alpha value is -3.42. The quantitative estimate of drug-likeness (QED) is 0.351. The Morgan fingerprint density at radius 1 is 0.690 bits per heavy atom. The van der Waals surface area contributed by atoms with Gasteiger partial charge in [-0.05, 0) is 18.2 Å². The number of benzene rings is 3. The van der Waals surface area contributed by atoms with Crippen molar-refractivity contribution in [1.82, 2.24) is 0 Å². The van der Waals surface area contributed by atoms with Gasteiger partial charge in [-0.25, -0.2) is 4.74 Å². The highest BCUT2D eigenvalue weighted by atomic mass is 31.2. The molecule has 1 amide bonds. The lowest BCUT2D eigenvalue weighted by Gasteiger charge is -2.26. The lowest BCUT2D eigenvalue weighted by molar-refractivity contribution is -0.113. The van der Waals surface area contributed by atoms with Crippen LogP contribution in [-0.4, -0.2) is 5.91 Å². The Labute approximate surface area is 170 Å². The van der Waals surface area contributed by atoms with Gasteiger partial charge in [0.25, 0.3) is 5.91 Å². The zero-order chi connectivity index (χ0) is 19.9. The molecular weight excluding hydrogens is 377 g/mol. The summed E-state index contributed by atoms with van der Waals surface area (Å²) >= 11 is 0. The zero-order valence-corrected chi connectivity index (χ0v) is 16.7. The van der Waals surface area contributed by atoms with Crippen LogP contribution in [0.1, 0.15) is 5.76 Å². The lowest BCUT2D eigenvalue weighted by Crippen LogP contribution is -2.26. The molecule has 0 radical (unpaired) electrons. The number of carbonyl (C=O) groups excluding carboxylic acids is 1. The minimum atomic E-state index is -2.52. The average Bonchev–Trinajstić information content (AvgIpc) is 3.32. The topological polar surface area (TPSA) is 42.6 Å². The van der Waals surface area contributed by atoms with Gasteiger partial charge < -0.3 is 4.42 Å². The highest BCUT2D eigenvalue weighted by Crippen LogP contribution is 2.46. The Morgan fingerprint density at radius 3 is 1.59 bits per heavy atom. The average molecular weight is 397 g/mol. The molecular formula is C25H20NO2P. The molecule has 0 aliphatic heterocycles. The van der Waals surface area contributed by atoms with Crippen molar-refractivity contribution in [1.29, 1.82) is 0 Å². The summed E-state index contributed by atoms with van der Waals surface area (Å²) < 4.78 is 10.2. The largest absolute Gasteiger partial charge is 0.465 e. The SMILES string of the molecule is O=C(/C=C/c1ccco1)N=P(c1ccccc1)(c1ccccc1)c1ccccc1. The van der Waals surface area contributed by atoms with Crippen LogP contribution < -0.4 is 15.9 Å². The second kappa shape index (κ2) is 8.72. The molecule has 0 bridgehead atoms. The van der Waals surface area contributed by atoms with E-state index in [9.17, 15) is 4.79 Å². The molecule has 29 heavy (non-hydrogen) atoms. The van der Waals surface area contributed by atoms with Crippen LogP contribution in [0.2, 0.25) is 0 Å². The molecule has 142 valence electrons. The summed E-state index contributed by atoms with van der Waals surface area (Å²) in [5, 5.41) is 3.12. The van der Waals surface area contributed by atoms with Gasteiger partial charge in [-0.3, -0.25) is 4.79 Å². The molecule has 3 nitrogen and oxygen atoms in total. The van der Waals surface area contributed by atoms with Crippen molar-refractivity contribution in [3.63, 3.8) is 0 Å². The number of rotatable bonds is 5. The molecule has 0 unspecified atom stereocenters. The van der Waals surface area contributed by atoms with Crippen molar-refractivity contribution in [2.24, 2.45) is 4.74 Å². The van der Waals surface area contributed by atoms with E-state index in [1.807, 2.05) is 54.6 Å². The molecule has 0 saturated heterocycles. The summed E-state index contributed by atoms with van der Waals surface area (Å²) in [6.07, 6.45) is 4.71. The zero-order valence-electron chi connectivity index (χ0n) is 15.8. The maximum Gasteiger partial charge on any atom is 0.269 e. The second-order valence-corrected chi connectivity index (χ2v) is 9.45. The summed E-state index contributed by atoms with van der Waals surface area (Å²) in [5.74, 6) is 0.336. The third-order valence-electron chi connectivity index (χ3n) is 4.57. The van der Waals surface area contributed by atoms with Gasteiger partial charge in [0.1, 0.15) is 5.76 Å². The number of hydrogen-bond acceptors (Lipinski definition) is 2. The third kappa shape index (κ3) is 4.06. The second-order valence-electron chi connectivity index (χ2n) is 6.43. The molecule has 3 aromatic carbocycles. The smallest absolute Gasteiger partial charge is 0.269 e. The van der Waals surface area contributed by atoms with Crippen molar-refractivity contribution in [2.75, 3.05) is 0 Å². The van der Waals surface area contributed by atoms with E-state index in [2.05, 4.69) is 36.4 Å². The molecule has 0 fully saturated rings. The van der Waals surface area contributed by atoms with E-state index in [1.54, 1.807) is 24.5 Å². The van der Waals surface area contributed by atoms with Gasteiger partial charge >= 0.3 is 0 Å². The first-order valence-electron chi connectivity index (χ1n) is 9.34. The van der Waals surface area contributed by atoms with Crippen LogP contribution in [0, 0.1) is 0 Å². The van der Waals surface area contributed by atoms with Crippen molar-refractivity contribution in [2.45, 2.75) is 0 Å². The number of nitrogens with zero attached hydrogens (tertiary/aromatic N) is 1. The van der Waals surface area contributed by atoms with Gasteiger partial charge in [0.05, 0.1) is 13.3 Å². The van der Waals surface area contributed by atoms with Gasteiger partial charge in [0, 0.05) is 22.0 Å². The van der Waals surface area contributed by atoms with Crippen LogP contribution in [0.4, 0.5) is 0 Å². The minimum absolute atomic E-state index is 0.286. The Bertz CT molecular complexity index is 1050. The van der Waals surface area contributed by atoms with Gasteiger partial charge in [0.15, 0.2) is 0 Å². The van der Waals surface area contributed by atoms with Crippen LogP contribution in [0.25, 0.3) is 6.08 Å². The molecule has 1 aromatic heterocycles. The number of hydrogen-bond donors (Lipinski definition) is 0. The van der Waals surface area contributed by atoms with E-state index in [1.165, 1.54) is 6.08 Å². The predicted molar refractivity (Wildman–Crippen MR) is 120 cm³/mol. The van der Waals surface area contributed by atoms with E-state index in [0.717, 1.165) is 15.9 Å². The fourth-order valence-corrected chi connectivity index (χ4v) is 6.69. The summed E-state index contributed by atoms with van der Waals surface area (Å²) in [5.41, 5.74) is 0. The van der Waals surface area contributed by atoms with E-state index < -0.39 is 7.05 Å². The monoisotopic (exact) mass is 397 g/mol. The van der Waals surface area contributed by atoms with E-state index in [0.29, 0.717) is 5.76 Å². The molecule has 1 heterocycles. The maximum atomic E-state index is 13.0. The molecule has 0 N–H and O–H groups in total. The van der Waals surface area contributed by atoms with Gasteiger partial charge in [-0.2, -0.15) is 0 Å². The van der Waals surface area contributed by atoms with Crippen molar-refractivity contribution < 1.29 is 9.21 Å². The molecule has 4 rings (SSSR count). The molecule has 0 saturated carbocycles. The molecule has 0 aliphatic rings. The van der Waals surface area contributed by atoms with E-state index in [-0.39, 0.29) is 5.91 Å². The first kappa shape index (κ1) is 18.9. The van der Waals surface area contributed by atoms with Crippen molar-refractivity contribution in [3.8, 4) is 0 Å². The first-order valence-corrected chi connectivity index (χ1v) is 11.1. The van der Waals surface area contributed by atoms with Crippen LogP contribution in [-0.2, 0) is 4.79 Å². The van der Waals surface area contributed by atoms with E-state index >= 15 is 0 Å². The minimum Gasteiger partial charge on any atom is -0.465 e. The fourth-order valence-electron chi connectivity index (χ4n) is 3.27. The number of carbonyl (C=O) groups is 1. The highest BCUT2D eigenvalue weighted by molar-refractivity contribution is 7.87. The fraction of sp³-hybridized carbons (Fsp3) is 0. The Morgan fingerprint density at radius 2 is 1.17 bits per heavy atom. The molecule has 4 heteroatoms. The van der Waals surface area contributed by atoms with Gasteiger partial charge in [0.2, 0.25) is 0 Å². The predicted octanol–water partition coefficient (Wildman–Crippen LogP) is 5.00. The standard InChI is InChI=1S/C25H20NO2P/c27-25(19-18-21-11-10-20-28-21)26-29(22-12-4-1-5-13-22,23-14-6-2-7-15-23)24-16-8-3-9-17-24/h1-20H/b19-18+. The van der Waals surface area contributed by atoms with Gasteiger partial charge in [-0.15, -0.1) is 0 Å². The van der Waals surface area contributed by atoms with Crippen LogP contribution in [0.5, 0.6) is 0 Å². The third-order valence-corrected chi connectivity index (χ3v) is 8.21. The Kier molecular flexibility index (Phi) is 5.69. The molecule has 0 aliphatic carbocycles. The van der Waals surface area contributed by atoms with E-state index in [4.69, 9.17) is 9.16 Å². The van der Waals surface area contributed by atoms with Crippen molar-refractivity contribution >= 4 is 35.0 Å². The first-order chi connectivity index (χ1) is 14.3. The van der Waals surface area contributed by atoms with Crippen molar-refractivity contribution in [3.05, 3.63) is 121 Å². The van der Waals surface area contributed by atoms with Crippen LogP contribution >= 0.6 is 7.05 Å². The number of furan rings is 1. The number of amides is 1. The summed E-state index contributed by atoms with van der Waals surface area (Å²) in [7, 11) is -2.52. The highest BCUT2D eigenvalue weighted by Gasteiger charge is 2.28. The molecule has 0 atom stereocenters. The summed E-state index contributed by atoms with van der Waals surface area (Å²) in [6, 6.07) is 33.8. The molecule has 4 aromatic rings.